The number of nitrogen functional groups attached to an aromatic ring is 1. The lowest BCUT2D eigenvalue weighted by molar-refractivity contribution is 1.05. The molecular formula is C12H14BrN5. The van der Waals surface area contributed by atoms with E-state index < -0.39 is 0 Å². The van der Waals surface area contributed by atoms with Crippen LogP contribution in [0.2, 0.25) is 0 Å². The van der Waals surface area contributed by atoms with Crippen LogP contribution >= 0.6 is 15.9 Å². The van der Waals surface area contributed by atoms with Crippen molar-refractivity contribution in [3.05, 3.63) is 46.1 Å². The molecule has 0 atom stereocenters. The van der Waals surface area contributed by atoms with Crippen LogP contribution in [0.25, 0.3) is 0 Å². The number of hydrogen-bond donors (Lipinski definition) is 3. The van der Waals surface area contributed by atoms with Gasteiger partial charge in [0.15, 0.2) is 0 Å². The number of anilines is 2. The summed E-state index contributed by atoms with van der Waals surface area (Å²) in [5.41, 5.74) is 4.89. The largest absolute Gasteiger partial charge is 0.365 e. The van der Waals surface area contributed by atoms with E-state index in [4.69, 9.17) is 5.84 Å². The number of rotatable bonds is 4. The van der Waals surface area contributed by atoms with Gasteiger partial charge in [0.2, 0.25) is 5.95 Å². The van der Waals surface area contributed by atoms with E-state index in [9.17, 15) is 0 Å². The van der Waals surface area contributed by atoms with E-state index >= 15 is 0 Å². The highest BCUT2D eigenvalue weighted by Crippen LogP contribution is 2.20. The van der Waals surface area contributed by atoms with E-state index in [0.29, 0.717) is 18.3 Å². The standard InChI is InChI=1S/C12H14BrN5/c1-8-4-2-3-5-9(8)6-15-11-10(13)7-16-12(17-11)18-14/h2-5,7H,6,14H2,1H3,(H2,15,16,17,18). The normalized spacial score (nSPS) is 10.2. The smallest absolute Gasteiger partial charge is 0.239 e. The zero-order valence-electron chi connectivity index (χ0n) is 9.94. The second-order valence-corrected chi connectivity index (χ2v) is 4.67. The Morgan fingerprint density at radius 3 is 2.83 bits per heavy atom. The fourth-order valence-corrected chi connectivity index (χ4v) is 1.88. The third-order valence-electron chi connectivity index (χ3n) is 2.58. The van der Waals surface area contributed by atoms with Crippen molar-refractivity contribution in [2.45, 2.75) is 13.5 Å². The molecule has 0 saturated heterocycles. The number of aryl methyl sites for hydroxylation is 1. The second kappa shape index (κ2) is 5.79. The van der Waals surface area contributed by atoms with Gasteiger partial charge in [0, 0.05) is 12.7 Å². The highest BCUT2D eigenvalue weighted by Gasteiger charge is 2.04. The van der Waals surface area contributed by atoms with Crippen LogP contribution < -0.4 is 16.6 Å². The summed E-state index contributed by atoms with van der Waals surface area (Å²) in [6, 6.07) is 8.21. The molecule has 0 aliphatic rings. The average molecular weight is 308 g/mol. The van der Waals surface area contributed by atoms with Crippen molar-refractivity contribution in [2.24, 2.45) is 5.84 Å². The lowest BCUT2D eigenvalue weighted by Gasteiger charge is -2.10. The number of halogens is 1. The highest BCUT2D eigenvalue weighted by atomic mass is 79.9. The number of hydrogen-bond acceptors (Lipinski definition) is 5. The van der Waals surface area contributed by atoms with Crippen LogP contribution in [-0.2, 0) is 6.54 Å². The van der Waals surface area contributed by atoms with Crippen molar-refractivity contribution in [2.75, 3.05) is 10.7 Å². The van der Waals surface area contributed by atoms with Gasteiger partial charge in [0.25, 0.3) is 0 Å². The summed E-state index contributed by atoms with van der Waals surface area (Å²) in [4.78, 5) is 8.23. The fraction of sp³-hybridized carbons (Fsp3) is 0.167. The summed E-state index contributed by atoms with van der Waals surface area (Å²) in [5.74, 6) is 6.37. The number of nitrogens with zero attached hydrogens (tertiary/aromatic N) is 2. The van der Waals surface area contributed by atoms with Gasteiger partial charge in [-0.15, -0.1) is 0 Å². The molecule has 1 heterocycles. The fourth-order valence-electron chi connectivity index (χ4n) is 1.55. The molecule has 5 nitrogen and oxygen atoms in total. The molecule has 0 radical (unpaired) electrons. The second-order valence-electron chi connectivity index (χ2n) is 3.81. The Bertz CT molecular complexity index is 544. The predicted molar refractivity (Wildman–Crippen MR) is 76.0 cm³/mol. The Morgan fingerprint density at radius 2 is 2.11 bits per heavy atom. The monoisotopic (exact) mass is 307 g/mol. The zero-order valence-corrected chi connectivity index (χ0v) is 11.5. The first-order valence-corrected chi connectivity index (χ1v) is 6.27. The van der Waals surface area contributed by atoms with Gasteiger partial charge in [-0.1, -0.05) is 24.3 Å². The molecule has 0 aliphatic heterocycles. The van der Waals surface area contributed by atoms with Crippen LogP contribution in [0, 0.1) is 6.92 Å². The molecule has 1 aromatic heterocycles. The van der Waals surface area contributed by atoms with Gasteiger partial charge < -0.3 is 5.32 Å². The summed E-state index contributed by atoms with van der Waals surface area (Å²) < 4.78 is 0.801. The lowest BCUT2D eigenvalue weighted by Crippen LogP contribution is -2.12. The lowest BCUT2D eigenvalue weighted by atomic mass is 10.1. The summed E-state index contributed by atoms with van der Waals surface area (Å²) in [5, 5.41) is 3.25. The van der Waals surface area contributed by atoms with Crippen molar-refractivity contribution in [3.63, 3.8) is 0 Å². The molecule has 94 valence electrons. The van der Waals surface area contributed by atoms with Gasteiger partial charge in [0.1, 0.15) is 5.82 Å². The van der Waals surface area contributed by atoms with Gasteiger partial charge in [-0.05, 0) is 34.0 Å². The molecule has 0 amide bonds. The van der Waals surface area contributed by atoms with Crippen molar-refractivity contribution >= 4 is 27.7 Å². The molecule has 2 aromatic rings. The van der Waals surface area contributed by atoms with E-state index in [1.165, 1.54) is 11.1 Å². The van der Waals surface area contributed by atoms with Gasteiger partial charge in [-0.2, -0.15) is 4.98 Å². The minimum absolute atomic E-state index is 0.380. The number of aromatic nitrogens is 2. The van der Waals surface area contributed by atoms with E-state index in [2.05, 4.69) is 55.7 Å². The first kappa shape index (κ1) is 12.8. The molecule has 6 heteroatoms. The van der Waals surface area contributed by atoms with Crippen LogP contribution in [0.15, 0.2) is 34.9 Å². The molecule has 0 fully saturated rings. The first-order chi connectivity index (χ1) is 8.70. The van der Waals surface area contributed by atoms with Crippen molar-refractivity contribution in [1.29, 1.82) is 0 Å². The Balaban J connectivity index is 2.13. The van der Waals surface area contributed by atoms with Crippen LogP contribution in [0.3, 0.4) is 0 Å². The molecule has 0 spiro atoms. The summed E-state index contributed by atoms with van der Waals surface area (Å²) in [7, 11) is 0. The van der Waals surface area contributed by atoms with Gasteiger partial charge >= 0.3 is 0 Å². The quantitative estimate of drug-likeness (QED) is 0.597. The van der Waals surface area contributed by atoms with Crippen molar-refractivity contribution in [1.82, 2.24) is 9.97 Å². The van der Waals surface area contributed by atoms with Crippen molar-refractivity contribution in [3.8, 4) is 0 Å². The van der Waals surface area contributed by atoms with Crippen LogP contribution in [0.4, 0.5) is 11.8 Å². The molecule has 4 N–H and O–H groups in total. The number of benzene rings is 1. The summed E-state index contributed by atoms with van der Waals surface area (Å²) >= 11 is 3.40. The number of nitrogens with one attached hydrogen (secondary N) is 2. The maximum atomic E-state index is 5.28. The van der Waals surface area contributed by atoms with Crippen LogP contribution in [-0.4, -0.2) is 9.97 Å². The van der Waals surface area contributed by atoms with Gasteiger partial charge in [-0.3, -0.25) is 5.43 Å². The number of hydrazine groups is 1. The Morgan fingerprint density at radius 1 is 1.33 bits per heavy atom. The summed E-state index contributed by atoms with van der Waals surface area (Å²) in [6.07, 6.45) is 1.66. The molecule has 2 rings (SSSR count). The maximum absolute atomic E-state index is 5.28. The molecule has 0 aliphatic carbocycles. The van der Waals surface area contributed by atoms with Crippen molar-refractivity contribution < 1.29 is 0 Å². The predicted octanol–water partition coefficient (Wildman–Crippen LogP) is 2.45. The third-order valence-corrected chi connectivity index (χ3v) is 3.16. The Hall–Kier alpha value is -1.66. The molecule has 0 bridgehead atoms. The van der Waals surface area contributed by atoms with E-state index in [1.54, 1.807) is 6.20 Å². The maximum Gasteiger partial charge on any atom is 0.239 e. The Labute approximate surface area is 114 Å². The van der Waals surface area contributed by atoms with Crippen LogP contribution in [0.5, 0.6) is 0 Å². The molecule has 1 aromatic carbocycles. The van der Waals surface area contributed by atoms with E-state index in [1.807, 2.05) is 12.1 Å². The molecular weight excluding hydrogens is 294 g/mol. The Kier molecular flexibility index (Phi) is 4.11. The average Bonchev–Trinajstić information content (AvgIpc) is 2.39. The van der Waals surface area contributed by atoms with Gasteiger partial charge in [0.05, 0.1) is 4.47 Å². The number of nitrogens with two attached hydrogens (primary N) is 1. The molecule has 0 unspecified atom stereocenters. The SMILES string of the molecule is Cc1ccccc1CNc1nc(NN)ncc1Br. The van der Waals surface area contributed by atoms with Gasteiger partial charge in [-0.25, -0.2) is 10.8 Å². The minimum Gasteiger partial charge on any atom is -0.365 e. The highest BCUT2D eigenvalue weighted by molar-refractivity contribution is 9.10. The minimum atomic E-state index is 0.380. The van der Waals surface area contributed by atoms with E-state index in [-0.39, 0.29) is 0 Å². The summed E-state index contributed by atoms with van der Waals surface area (Å²) in [6.45, 7) is 2.78. The zero-order chi connectivity index (χ0) is 13.0. The van der Waals surface area contributed by atoms with Crippen LogP contribution in [0.1, 0.15) is 11.1 Å². The third kappa shape index (κ3) is 2.96. The topological polar surface area (TPSA) is 75.9 Å². The molecule has 0 saturated carbocycles. The molecule has 18 heavy (non-hydrogen) atoms. The first-order valence-electron chi connectivity index (χ1n) is 5.48. The van der Waals surface area contributed by atoms with E-state index in [0.717, 1.165) is 4.47 Å².